The van der Waals surface area contributed by atoms with Gasteiger partial charge in [0.25, 0.3) is 0 Å². The van der Waals surface area contributed by atoms with E-state index < -0.39 is 0 Å². The first-order valence-electron chi connectivity index (χ1n) is 3.66. The lowest BCUT2D eigenvalue weighted by atomic mass is 9.82. The van der Waals surface area contributed by atoms with Gasteiger partial charge in [-0.1, -0.05) is 6.92 Å². The lowest BCUT2D eigenvalue weighted by molar-refractivity contribution is -0.124. The summed E-state index contributed by atoms with van der Waals surface area (Å²) in [5.41, 5.74) is 0. The minimum atomic E-state index is 0.124. The Bertz CT molecular complexity index is 180. The molecule has 0 N–H and O–H groups in total. The number of hydrogen-bond donors (Lipinski definition) is 0. The van der Waals surface area contributed by atoms with E-state index in [4.69, 9.17) is 5.26 Å². The van der Waals surface area contributed by atoms with Gasteiger partial charge in [0.2, 0.25) is 0 Å². The van der Waals surface area contributed by atoms with Crippen LogP contribution >= 0.6 is 0 Å². The molecule has 2 atom stereocenters. The van der Waals surface area contributed by atoms with Gasteiger partial charge < -0.3 is 0 Å². The predicted molar refractivity (Wildman–Crippen MR) is 37.1 cm³/mol. The van der Waals surface area contributed by atoms with Crippen LogP contribution in [0.4, 0.5) is 0 Å². The van der Waals surface area contributed by atoms with Crippen LogP contribution in [0.15, 0.2) is 0 Å². The molecule has 1 aliphatic rings. The Balaban J connectivity index is 2.50. The molecule has 2 heteroatoms. The van der Waals surface area contributed by atoms with Gasteiger partial charge in [-0.25, -0.2) is 0 Å². The highest BCUT2D eigenvalue weighted by atomic mass is 16.1. The van der Waals surface area contributed by atoms with Crippen LogP contribution in [-0.2, 0) is 4.79 Å². The third-order valence-corrected chi connectivity index (χ3v) is 2.11. The van der Waals surface area contributed by atoms with Gasteiger partial charge in [0.15, 0.2) is 0 Å². The summed E-state index contributed by atoms with van der Waals surface area (Å²) in [4.78, 5) is 10.9. The zero-order valence-electron chi connectivity index (χ0n) is 6.13. The second-order valence-electron chi connectivity index (χ2n) is 2.97. The van der Waals surface area contributed by atoms with E-state index >= 15 is 0 Å². The van der Waals surface area contributed by atoms with E-state index in [9.17, 15) is 4.79 Å². The number of nitriles is 1. The van der Waals surface area contributed by atoms with Gasteiger partial charge in [-0.15, -0.1) is 0 Å². The van der Waals surface area contributed by atoms with Crippen molar-refractivity contribution < 1.29 is 4.79 Å². The van der Waals surface area contributed by atoms with E-state index in [1.165, 1.54) is 0 Å². The molecule has 0 amide bonds. The summed E-state index contributed by atoms with van der Waals surface area (Å²) < 4.78 is 0. The first kappa shape index (κ1) is 7.27. The molecule has 1 fully saturated rings. The number of carbonyl (C=O) groups is 1. The van der Waals surface area contributed by atoms with Crippen molar-refractivity contribution >= 4 is 5.78 Å². The maximum absolute atomic E-state index is 10.9. The molecule has 1 rings (SSSR count). The largest absolute Gasteiger partial charge is 0.299 e. The van der Waals surface area contributed by atoms with Crippen molar-refractivity contribution in [3.05, 3.63) is 0 Å². The molecule has 0 aromatic carbocycles. The third-order valence-electron chi connectivity index (χ3n) is 2.11. The van der Waals surface area contributed by atoms with Gasteiger partial charge in [-0.05, 0) is 12.8 Å². The van der Waals surface area contributed by atoms with Gasteiger partial charge in [0, 0.05) is 18.3 Å². The first-order valence-corrected chi connectivity index (χ1v) is 3.66. The SMILES string of the molecule is CC1CC(C#N)CCC1=O. The number of carbonyl (C=O) groups excluding carboxylic acids is 1. The number of nitrogens with zero attached hydrogens (tertiary/aromatic N) is 1. The average molecular weight is 137 g/mol. The number of hydrogen-bond acceptors (Lipinski definition) is 2. The first-order chi connectivity index (χ1) is 4.74. The Hall–Kier alpha value is -0.840. The van der Waals surface area contributed by atoms with Crippen LogP contribution in [0, 0.1) is 23.2 Å². The molecule has 0 aromatic rings. The Morgan fingerprint density at radius 2 is 2.40 bits per heavy atom. The zero-order chi connectivity index (χ0) is 7.56. The highest BCUT2D eigenvalue weighted by molar-refractivity contribution is 5.81. The summed E-state index contributed by atoms with van der Waals surface area (Å²) in [6.07, 6.45) is 2.16. The van der Waals surface area contributed by atoms with Crippen molar-refractivity contribution in [1.29, 1.82) is 5.26 Å². The second-order valence-corrected chi connectivity index (χ2v) is 2.97. The molecule has 0 heterocycles. The normalized spacial score (nSPS) is 33.4. The Morgan fingerprint density at radius 1 is 1.70 bits per heavy atom. The van der Waals surface area contributed by atoms with Crippen molar-refractivity contribution in [1.82, 2.24) is 0 Å². The second kappa shape index (κ2) is 2.83. The molecule has 0 spiro atoms. The van der Waals surface area contributed by atoms with Crippen molar-refractivity contribution in [3.8, 4) is 6.07 Å². The fourth-order valence-corrected chi connectivity index (χ4v) is 1.36. The molecule has 1 aliphatic carbocycles. The molecule has 0 aliphatic heterocycles. The molecule has 2 nitrogen and oxygen atoms in total. The average Bonchev–Trinajstić information content (AvgIpc) is 1.95. The van der Waals surface area contributed by atoms with Gasteiger partial charge in [0.1, 0.15) is 5.78 Å². The van der Waals surface area contributed by atoms with Crippen LogP contribution in [0.5, 0.6) is 0 Å². The van der Waals surface area contributed by atoms with Crippen molar-refractivity contribution in [2.75, 3.05) is 0 Å². The molecule has 2 unspecified atom stereocenters. The smallest absolute Gasteiger partial charge is 0.135 e. The van der Waals surface area contributed by atoms with E-state index in [-0.39, 0.29) is 11.8 Å². The molecule has 0 saturated heterocycles. The van der Waals surface area contributed by atoms with Gasteiger partial charge in [-0.3, -0.25) is 4.79 Å². The Kier molecular flexibility index (Phi) is 2.06. The molecule has 10 heavy (non-hydrogen) atoms. The standard InChI is InChI=1S/C8H11NO/c1-6-4-7(5-9)2-3-8(6)10/h6-7H,2-4H2,1H3. The summed E-state index contributed by atoms with van der Waals surface area (Å²) >= 11 is 0. The summed E-state index contributed by atoms with van der Waals surface area (Å²) in [7, 11) is 0. The number of ketones is 1. The molecule has 0 bridgehead atoms. The van der Waals surface area contributed by atoms with Crippen LogP contribution in [0.2, 0.25) is 0 Å². The number of rotatable bonds is 0. The highest BCUT2D eigenvalue weighted by Crippen LogP contribution is 2.24. The Morgan fingerprint density at radius 3 is 2.90 bits per heavy atom. The summed E-state index contributed by atoms with van der Waals surface area (Å²) in [6.45, 7) is 1.91. The monoisotopic (exact) mass is 137 g/mol. The predicted octanol–water partition coefficient (Wildman–Crippen LogP) is 1.52. The highest BCUT2D eigenvalue weighted by Gasteiger charge is 2.24. The quantitative estimate of drug-likeness (QED) is 0.507. The van der Waals surface area contributed by atoms with E-state index in [0.29, 0.717) is 12.2 Å². The topological polar surface area (TPSA) is 40.9 Å². The van der Waals surface area contributed by atoms with Crippen LogP contribution in [-0.4, -0.2) is 5.78 Å². The van der Waals surface area contributed by atoms with E-state index in [2.05, 4.69) is 6.07 Å². The van der Waals surface area contributed by atoms with Crippen LogP contribution in [0.1, 0.15) is 26.2 Å². The van der Waals surface area contributed by atoms with Gasteiger partial charge in [0.05, 0.1) is 6.07 Å². The van der Waals surface area contributed by atoms with Crippen molar-refractivity contribution in [3.63, 3.8) is 0 Å². The van der Waals surface area contributed by atoms with Crippen molar-refractivity contribution in [2.45, 2.75) is 26.2 Å². The van der Waals surface area contributed by atoms with E-state index in [1.807, 2.05) is 6.92 Å². The third kappa shape index (κ3) is 1.36. The molecule has 1 saturated carbocycles. The van der Waals surface area contributed by atoms with Crippen LogP contribution in [0.25, 0.3) is 0 Å². The van der Waals surface area contributed by atoms with Crippen LogP contribution in [0.3, 0.4) is 0 Å². The maximum atomic E-state index is 10.9. The zero-order valence-corrected chi connectivity index (χ0v) is 6.13. The molecule has 54 valence electrons. The van der Waals surface area contributed by atoms with Gasteiger partial charge >= 0.3 is 0 Å². The number of Topliss-reactive ketones (excluding diaryl/α,β-unsaturated/α-hetero) is 1. The van der Waals surface area contributed by atoms with Gasteiger partial charge in [-0.2, -0.15) is 5.26 Å². The lowest BCUT2D eigenvalue weighted by Crippen LogP contribution is -2.21. The van der Waals surface area contributed by atoms with Crippen LogP contribution < -0.4 is 0 Å². The fraction of sp³-hybridized carbons (Fsp3) is 0.750. The van der Waals surface area contributed by atoms with E-state index in [1.54, 1.807) is 0 Å². The summed E-state index contributed by atoms with van der Waals surface area (Å²) in [5, 5.41) is 8.53. The minimum absolute atomic E-state index is 0.124. The van der Waals surface area contributed by atoms with E-state index in [0.717, 1.165) is 12.8 Å². The van der Waals surface area contributed by atoms with Crippen molar-refractivity contribution in [2.24, 2.45) is 11.8 Å². The summed E-state index contributed by atoms with van der Waals surface area (Å²) in [6, 6.07) is 2.20. The summed E-state index contributed by atoms with van der Waals surface area (Å²) in [5.74, 6) is 0.581. The lowest BCUT2D eigenvalue weighted by Gasteiger charge is -2.19. The molecule has 0 aromatic heterocycles. The fourth-order valence-electron chi connectivity index (χ4n) is 1.36. The molecular weight excluding hydrogens is 126 g/mol. The minimum Gasteiger partial charge on any atom is -0.299 e. The maximum Gasteiger partial charge on any atom is 0.135 e. The molecule has 0 radical (unpaired) electrons. The Labute approximate surface area is 60.8 Å². The molecular formula is C8H11NO.